The second-order valence-electron chi connectivity index (χ2n) is 4.63. The lowest BCUT2D eigenvalue weighted by atomic mass is 10.1. The van der Waals surface area contributed by atoms with Crippen LogP contribution in [0, 0.1) is 5.82 Å². The van der Waals surface area contributed by atoms with Gasteiger partial charge in [0.05, 0.1) is 28.7 Å². The van der Waals surface area contributed by atoms with Crippen molar-refractivity contribution in [3.63, 3.8) is 0 Å². The number of rotatable bonds is 2. The predicted octanol–water partition coefficient (Wildman–Crippen LogP) is 4.26. The Hall–Kier alpha value is -2.53. The van der Waals surface area contributed by atoms with Crippen LogP contribution in [0.2, 0.25) is 0 Å². The topological polar surface area (TPSA) is 30.2 Å². The number of fused-ring (bicyclic) bond motifs is 1. The molecule has 0 amide bonds. The van der Waals surface area contributed by atoms with E-state index in [0.717, 1.165) is 27.5 Å². The summed E-state index contributed by atoms with van der Waals surface area (Å²) >= 11 is 1.64. The lowest BCUT2D eigenvalue weighted by Gasteiger charge is -2.04. The number of thiophene rings is 1. The van der Waals surface area contributed by atoms with Crippen LogP contribution in [-0.4, -0.2) is 14.4 Å². The monoisotopic (exact) mass is 295 g/mol. The molecular weight excluding hydrogens is 285 g/mol. The van der Waals surface area contributed by atoms with Gasteiger partial charge in [-0.2, -0.15) is 0 Å². The van der Waals surface area contributed by atoms with Gasteiger partial charge < -0.3 is 0 Å². The van der Waals surface area contributed by atoms with Crippen molar-refractivity contribution in [2.75, 3.05) is 0 Å². The van der Waals surface area contributed by atoms with Gasteiger partial charge in [-0.1, -0.05) is 18.2 Å². The molecule has 0 fully saturated rings. The van der Waals surface area contributed by atoms with Gasteiger partial charge in [0.1, 0.15) is 5.82 Å². The summed E-state index contributed by atoms with van der Waals surface area (Å²) in [5.74, 6) is -0.255. The second-order valence-corrected chi connectivity index (χ2v) is 5.58. The number of aromatic nitrogens is 3. The Labute approximate surface area is 124 Å². The first-order valence-corrected chi connectivity index (χ1v) is 7.32. The third-order valence-electron chi connectivity index (χ3n) is 3.29. The summed E-state index contributed by atoms with van der Waals surface area (Å²) in [7, 11) is 0. The van der Waals surface area contributed by atoms with Crippen molar-refractivity contribution in [3.05, 3.63) is 66.2 Å². The number of benzene rings is 1. The maximum absolute atomic E-state index is 13.4. The van der Waals surface area contributed by atoms with Crippen LogP contribution >= 0.6 is 11.3 Å². The fourth-order valence-electron chi connectivity index (χ4n) is 2.30. The molecule has 0 aliphatic carbocycles. The Morgan fingerprint density at radius 2 is 2.00 bits per heavy atom. The molecule has 0 radical (unpaired) electrons. The Bertz CT molecular complexity index is 912. The molecule has 0 aliphatic heterocycles. The molecule has 0 saturated carbocycles. The molecule has 3 heterocycles. The van der Waals surface area contributed by atoms with E-state index in [0.29, 0.717) is 0 Å². The first-order chi connectivity index (χ1) is 10.3. The molecule has 1 aromatic carbocycles. The van der Waals surface area contributed by atoms with Crippen LogP contribution in [0.25, 0.3) is 27.5 Å². The molecular formula is C16H10FN3S. The summed E-state index contributed by atoms with van der Waals surface area (Å²) in [5.41, 5.74) is 3.28. The number of hydrogen-bond donors (Lipinski definition) is 0. The molecule has 0 unspecified atom stereocenters. The molecule has 0 N–H and O–H groups in total. The van der Waals surface area contributed by atoms with Crippen LogP contribution in [0.4, 0.5) is 4.39 Å². The third-order valence-corrected chi connectivity index (χ3v) is 4.18. The van der Waals surface area contributed by atoms with Crippen molar-refractivity contribution >= 4 is 17.0 Å². The van der Waals surface area contributed by atoms with Gasteiger partial charge in [0.2, 0.25) is 0 Å². The van der Waals surface area contributed by atoms with Gasteiger partial charge in [-0.3, -0.25) is 4.40 Å². The molecule has 0 bridgehead atoms. The van der Waals surface area contributed by atoms with Gasteiger partial charge in [-0.15, -0.1) is 11.3 Å². The van der Waals surface area contributed by atoms with Crippen LogP contribution in [-0.2, 0) is 0 Å². The van der Waals surface area contributed by atoms with E-state index in [1.54, 1.807) is 29.8 Å². The highest BCUT2D eigenvalue weighted by Gasteiger charge is 2.09. The summed E-state index contributed by atoms with van der Waals surface area (Å²) in [4.78, 5) is 9.85. The van der Waals surface area contributed by atoms with Crippen molar-refractivity contribution in [1.82, 2.24) is 14.4 Å². The Balaban J connectivity index is 1.92. The third kappa shape index (κ3) is 2.11. The van der Waals surface area contributed by atoms with E-state index in [4.69, 9.17) is 0 Å². The first kappa shape index (κ1) is 12.2. The fraction of sp³-hybridized carbons (Fsp3) is 0. The van der Waals surface area contributed by atoms with Crippen LogP contribution < -0.4 is 0 Å². The molecule has 21 heavy (non-hydrogen) atoms. The lowest BCUT2D eigenvalue weighted by molar-refractivity contribution is 0.628. The largest absolute Gasteiger partial charge is 0.296 e. The minimum Gasteiger partial charge on any atom is -0.296 e. The number of halogens is 1. The highest BCUT2D eigenvalue weighted by molar-refractivity contribution is 7.13. The molecule has 5 heteroatoms. The summed E-state index contributed by atoms with van der Waals surface area (Å²) < 4.78 is 15.4. The Morgan fingerprint density at radius 3 is 2.81 bits per heavy atom. The number of imidazole rings is 1. The summed E-state index contributed by atoms with van der Waals surface area (Å²) in [6, 6.07) is 10.5. The van der Waals surface area contributed by atoms with E-state index in [2.05, 4.69) is 9.97 Å². The molecule has 4 rings (SSSR count). The summed E-state index contributed by atoms with van der Waals surface area (Å²) in [6.45, 7) is 0. The van der Waals surface area contributed by atoms with Gasteiger partial charge in [0, 0.05) is 11.8 Å². The van der Waals surface area contributed by atoms with Gasteiger partial charge in [-0.05, 0) is 23.6 Å². The zero-order valence-corrected chi connectivity index (χ0v) is 11.7. The van der Waals surface area contributed by atoms with Gasteiger partial charge in [0.15, 0.2) is 5.65 Å². The van der Waals surface area contributed by atoms with Gasteiger partial charge in [-0.25, -0.2) is 14.4 Å². The van der Waals surface area contributed by atoms with Crippen molar-refractivity contribution in [3.8, 4) is 21.8 Å². The number of nitrogens with zero attached hydrogens (tertiary/aromatic N) is 3. The maximum atomic E-state index is 13.4. The van der Waals surface area contributed by atoms with Crippen molar-refractivity contribution in [2.24, 2.45) is 0 Å². The smallest absolute Gasteiger partial charge is 0.155 e. The first-order valence-electron chi connectivity index (χ1n) is 6.44. The van der Waals surface area contributed by atoms with Crippen LogP contribution in [0.15, 0.2) is 60.4 Å². The van der Waals surface area contributed by atoms with E-state index in [9.17, 15) is 4.39 Å². The summed E-state index contributed by atoms with van der Waals surface area (Å²) in [5, 5.41) is 2.02. The lowest BCUT2D eigenvalue weighted by Crippen LogP contribution is -1.92. The molecule has 0 saturated heterocycles. The van der Waals surface area contributed by atoms with E-state index in [-0.39, 0.29) is 5.82 Å². The van der Waals surface area contributed by atoms with E-state index >= 15 is 0 Å². The summed E-state index contributed by atoms with van der Waals surface area (Å²) in [6.07, 6.45) is 5.41. The zero-order valence-electron chi connectivity index (χ0n) is 10.9. The predicted molar refractivity (Wildman–Crippen MR) is 81.7 cm³/mol. The van der Waals surface area contributed by atoms with Crippen LogP contribution in [0.5, 0.6) is 0 Å². The Kier molecular flexibility index (Phi) is 2.79. The molecule has 0 spiro atoms. The van der Waals surface area contributed by atoms with Gasteiger partial charge in [0.25, 0.3) is 0 Å². The zero-order chi connectivity index (χ0) is 14.2. The van der Waals surface area contributed by atoms with E-state index in [1.165, 1.54) is 12.1 Å². The number of hydrogen-bond acceptors (Lipinski definition) is 3. The molecule has 3 nitrogen and oxygen atoms in total. The quantitative estimate of drug-likeness (QED) is 0.553. The molecule has 0 atom stereocenters. The van der Waals surface area contributed by atoms with Crippen molar-refractivity contribution < 1.29 is 4.39 Å². The minimum absolute atomic E-state index is 0.255. The normalized spacial score (nSPS) is 11.1. The fourth-order valence-corrected chi connectivity index (χ4v) is 2.99. The average molecular weight is 295 g/mol. The Morgan fingerprint density at radius 1 is 1.05 bits per heavy atom. The van der Waals surface area contributed by atoms with Crippen LogP contribution in [0.1, 0.15) is 0 Å². The van der Waals surface area contributed by atoms with Crippen LogP contribution in [0.3, 0.4) is 0 Å². The molecule has 102 valence electrons. The van der Waals surface area contributed by atoms with E-state index < -0.39 is 0 Å². The van der Waals surface area contributed by atoms with Crippen molar-refractivity contribution in [1.29, 1.82) is 0 Å². The maximum Gasteiger partial charge on any atom is 0.155 e. The molecule has 0 aliphatic rings. The molecule has 4 aromatic rings. The molecule has 3 aromatic heterocycles. The van der Waals surface area contributed by atoms with E-state index in [1.807, 2.05) is 34.2 Å². The highest BCUT2D eigenvalue weighted by Crippen LogP contribution is 2.26. The minimum atomic E-state index is -0.255. The van der Waals surface area contributed by atoms with Crippen molar-refractivity contribution in [2.45, 2.75) is 0 Å². The second kappa shape index (κ2) is 4.79. The highest BCUT2D eigenvalue weighted by atomic mass is 32.1. The standard InChI is InChI=1S/C16H10FN3S/c17-12-4-1-3-11(7-12)14-8-19-16-9-18-13(10-20(14)16)15-5-2-6-21-15/h1-10H. The SMILES string of the molecule is Fc1cccc(-c2cnc3cnc(-c4cccs4)cn23)c1. The van der Waals surface area contributed by atoms with Gasteiger partial charge >= 0.3 is 0 Å². The average Bonchev–Trinajstić information content (AvgIpc) is 3.16.